The van der Waals surface area contributed by atoms with Gasteiger partial charge in [0.05, 0.1) is 12.4 Å². The fourth-order valence-electron chi connectivity index (χ4n) is 4.06. The molecule has 2 rings (SSSR count). The van der Waals surface area contributed by atoms with Crippen LogP contribution in [0.2, 0.25) is 0 Å². The first-order valence-electron chi connectivity index (χ1n) is 13.6. The summed E-state index contributed by atoms with van der Waals surface area (Å²) in [6, 6.07) is 1.72. The fourth-order valence-corrected chi connectivity index (χ4v) is 4.06. The molecule has 42 heavy (non-hydrogen) atoms. The van der Waals surface area contributed by atoms with Gasteiger partial charge in [-0.2, -0.15) is 0 Å². The number of guanidine groups is 1. The number of amides is 3. The van der Waals surface area contributed by atoms with E-state index in [1.54, 1.807) is 26.0 Å². The van der Waals surface area contributed by atoms with Gasteiger partial charge in [-0.05, 0) is 42.9 Å². The number of benzene rings is 1. The smallest absolute Gasteiger partial charge is 0.326 e. The summed E-state index contributed by atoms with van der Waals surface area (Å²) in [7, 11) is 0. The monoisotopic (exact) mass is 587 g/mol. The average Bonchev–Trinajstić information content (AvgIpc) is 3.46. The normalized spacial score (nSPS) is 14.5. The third-order valence-corrected chi connectivity index (χ3v) is 6.70. The van der Waals surface area contributed by atoms with Crippen LogP contribution in [0.15, 0.2) is 41.8 Å². The number of nitrogens with zero attached hydrogens (tertiary/aromatic N) is 2. The molecule has 0 radical (unpaired) electrons. The number of aromatic amines is 1. The number of aliphatic carboxylic acids is 1. The first-order valence-corrected chi connectivity index (χ1v) is 13.6. The summed E-state index contributed by atoms with van der Waals surface area (Å²) in [5.41, 5.74) is 18.1. The number of aromatic hydroxyl groups is 1. The van der Waals surface area contributed by atoms with E-state index in [9.17, 15) is 29.4 Å². The number of carboxylic acid groups (broad SMARTS) is 1. The molecule has 0 saturated heterocycles. The molecule has 0 aliphatic heterocycles. The van der Waals surface area contributed by atoms with Crippen LogP contribution in [0.1, 0.15) is 44.4 Å². The van der Waals surface area contributed by atoms with Gasteiger partial charge in [-0.3, -0.25) is 19.4 Å². The third-order valence-electron chi connectivity index (χ3n) is 6.70. The number of hydrogen-bond donors (Lipinski definition) is 9. The first-order chi connectivity index (χ1) is 19.9. The predicted octanol–water partition coefficient (Wildman–Crippen LogP) is -1.13. The zero-order valence-electron chi connectivity index (χ0n) is 23.7. The van der Waals surface area contributed by atoms with E-state index in [4.69, 9.17) is 17.2 Å². The second kappa shape index (κ2) is 16.6. The maximum absolute atomic E-state index is 13.5. The molecule has 5 unspecified atom stereocenters. The highest BCUT2D eigenvalue weighted by molar-refractivity contribution is 5.94. The van der Waals surface area contributed by atoms with Gasteiger partial charge in [0, 0.05) is 24.9 Å². The molecule has 1 aromatic heterocycles. The number of hydrogen-bond acceptors (Lipinski definition) is 8. The van der Waals surface area contributed by atoms with Crippen LogP contribution in [0, 0.1) is 5.92 Å². The molecule has 0 spiro atoms. The number of imidazole rings is 1. The van der Waals surface area contributed by atoms with Crippen molar-refractivity contribution in [1.82, 2.24) is 25.9 Å². The lowest BCUT2D eigenvalue weighted by molar-refractivity contribution is -0.143. The average molecular weight is 588 g/mol. The zero-order valence-corrected chi connectivity index (χ0v) is 23.7. The highest BCUT2D eigenvalue weighted by Gasteiger charge is 2.32. The molecule has 12 N–H and O–H groups in total. The Labute approximate surface area is 243 Å². The molecule has 0 saturated carbocycles. The van der Waals surface area contributed by atoms with Gasteiger partial charge in [-0.15, -0.1) is 0 Å². The summed E-state index contributed by atoms with van der Waals surface area (Å²) in [5, 5.41) is 26.9. The minimum Gasteiger partial charge on any atom is -0.508 e. The number of nitrogens with one attached hydrogen (secondary N) is 4. The number of carbonyl (C=O) groups excluding carboxylic acids is 3. The van der Waals surface area contributed by atoms with E-state index in [-0.39, 0.29) is 43.4 Å². The van der Waals surface area contributed by atoms with Crippen molar-refractivity contribution in [2.75, 3.05) is 6.54 Å². The predicted molar refractivity (Wildman–Crippen MR) is 155 cm³/mol. The fraction of sp³-hybridized carbons (Fsp3) is 0.481. The van der Waals surface area contributed by atoms with Crippen molar-refractivity contribution < 1.29 is 29.4 Å². The second-order valence-corrected chi connectivity index (χ2v) is 10.0. The topological polar surface area (TPSA) is 264 Å². The molecule has 5 atom stereocenters. The molecule has 0 aliphatic carbocycles. The van der Waals surface area contributed by atoms with Crippen LogP contribution >= 0.6 is 0 Å². The highest BCUT2D eigenvalue weighted by Crippen LogP contribution is 2.12. The maximum atomic E-state index is 13.5. The summed E-state index contributed by atoms with van der Waals surface area (Å²) in [6.45, 7) is 3.69. The van der Waals surface area contributed by atoms with E-state index >= 15 is 0 Å². The van der Waals surface area contributed by atoms with Crippen LogP contribution in [0.25, 0.3) is 0 Å². The van der Waals surface area contributed by atoms with Gasteiger partial charge in [0.25, 0.3) is 0 Å². The number of H-pyrrole nitrogens is 1. The summed E-state index contributed by atoms with van der Waals surface area (Å²) in [4.78, 5) is 62.2. The van der Waals surface area contributed by atoms with Crippen LogP contribution in [0.3, 0.4) is 0 Å². The molecule has 0 aliphatic rings. The molecular weight excluding hydrogens is 546 g/mol. The highest BCUT2D eigenvalue weighted by atomic mass is 16.4. The van der Waals surface area contributed by atoms with Gasteiger partial charge in [0.15, 0.2) is 5.96 Å². The number of aromatic nitrogens is 2. The molecule has 15 heteroatoms. The van der Waals surface area contributed by atoms with Crippen LogP contribution in [-0.2, 0) is 32.0 Å². The quantitative estimate of drug-likeness (QED) is 0.0610. The zero-order chi connectivity index (χ0) is 31.2. The Morgan fingerprint density at radius 3 is 2.21 bits per heavy atom. The third kappa shape index (κ3) is 11.1. The van der Waals surface area contributed by atoms with Crippen molar-refractivity contribution >= 4 is 29.7 Å². The van der Waals surface area contributed by atoms with E-state index in [1.807, 2.05) is 0 Å². The number of nitrogens with two attached hydrogens (primary N) is 3. The number of rotatable bonds is 17. The Morgan fingerprint density at radius 1 is 1.00 bits per heavy atom. The SMILES string of the molecule is CCC(C)C(NC(=O)C(Cc1cnc[nH]1)NC(=O)C(CCCN=C(N)N)NC(=O)C(N)Cc1ccc(O)cc1)C(=O)O. The Kier molecular flexibility index (Phi) is 13.2. The van der Waals surface area contributed by atoms with Gasteiger partial charge >= 0.3 is 5.97 Å². The second-order valence-electron chi connectivity index (χ2n) is 10.0. The molecular formula is C27H41N9O6. The maximum Gasteiger partial charge on any atom is 0.326 e. The largest absolute Gasteiger partial charge is 0.508 e. The molecule has 0 fully saturated rings. The molecule has 1 aromatic carbocycles. The van der Waals surface area contributed by atoms with Gasteiger partial charge < -0.3 is 48.3 Å². The van der Waals surface area contributed by atoms with Crippen molar-refractivity contribution in [3.8, 4) is 5.75 Å². The Balaban J connectivity index is 2.22. The molecule has 2 aromatic rings. The van der Waals surface area contributed by atoms with Crippen LogP contribution in [0.4, 0.5) is 0 Å². The molecule has 3 amide bonds. The number of aliphatic imine (C=N–C) groups is 1. The molecule has 1 heterocycles. The lowest BCUT2D eigenvalue weighted by Gasteiger charge is -2.26. The van der Waals surface area contributed by atoms with Crippen LogP contribution in [0.5, 0.6) is 5.75 Å². The van der Waals surface area contributed by atoms with Crippen molar-refractivity contribution in [3.05, 3.63) is 48.0 Å². The number of carbonyl (C=O) groups is 4. The van der Waals surface area contributed by atoms with E-state index in [2.05, 4.69) is 30.9 Å². The summed E-state index contributed by atoms with van der Waals surface area (Å²) < 4.78 is 0. The van der Waals surface area contributed by atoms with E-state index < -0.39 is 47.9 Å². The summed E-state index contributed by atoms with van der Waals surface area (Å²) >= 11 is 0. The van der Waals surface area contributed by atoms with E-state index in [0.717, 1.165) is 0 Å². The minimum atomic E-state index is -1.20. The number of phenols is 1. The standard InChI is InChI=1S/C27H41N9O6/c1-3-15(2)22(26(41)42)36-25(40)21(12-17-13-31-14-33-17)35-24(39)20(5-4-10-32-27(29)30)34-23(38)19(28)11-16-6-8-18(37)9-7-16/h6-9,13-15,19-22,37H,3-5,10-12,28H2,1-2H3,(H,31,33)(H,34,38)(H,35,39)(H,36,40)(H,41,42)(H4,29,30,32). The van der Waals surface area contributed by atoms with Crippen LogP contribution in [-0.4, -0.2) is 80.5 Å². The number of phenolic OH excluding ortho intramolecular Hbond substituents is 1. The first kappa shape index (κ1) is 33.5. The van der Waals surface area contributed by atoms with Gasteiger partial charge in [0.2, 0.25) is 17.7 Å². The lowest BCUT2D eigenvalue weighted by Crippen LogP contribution is -2.58. The van der Waals surface area contributed by atoms with Crippen LogP contribution < -0.4 is 33.2 Å². The Morgan fingerprint density at radius 2 is 1.64 bits per heavy atom. The van der Waals surface area contributed by atoms with Crippen molar-refractivity contribution in [2.24, 2.45) is 28.1 Å². The summed E-state index contributed by atoms with van der Waals surface area (Å²) in [5.74, 6) is -3.62. The molecule has 230 valence electrons. The van der Waals surface area contributed by atoms with Crippen molar-refractivity contribution in [2.45, 2.75) is 70.1 Å². The molecule has 0 bridgehead atoms. The van der Waals surface area contributed by atoms with E-state index in [1.165, 1.54) is 24.7 Å². The lowest BCUT2D eigenvalue weighted by atomic mass is 9.98. The number of carboxylic acids is 1. The van der Waals surface area contributed by atoms with Gasteiger partial charge in [-0.1, -0.05) is 32.4 Å². The molecule has 15 nitrogen and oxygen atoms in total. The van der Waals surface area contributed by atoms with Crippen molar-refractivity contribution in [3.63, 3.8) is 0 Å². The van der Waals surface area contributed by atoms with E-state index in [0.29, 0.717) is 24.1 Å². The summed E-state index contributed by atoms with van der Waals surface area (Å²) in [6.07, 6.45) is 3.95. The van der Waals surface area contributed by atoms with Crippen molar-refractivity contribution in [1.29, 1.82) is 0 Å². The minimum absolute atomic E-state index is 0.0144. The van der Waals surface area contributed by atoms with Gasteiger partial charge in [-0.25, -0.2) is 9.78 Å². The van der Waals surface area contributed by atoms with Gasteiger partial charge in [0.1, 0.15) is 23.9 Å². The Bertz CT molecular complexity index is 1200. The Hall–Kier alpha value is -4.66.